The Morgan fingerprint density at radius 3 is 2.65 bits per heavy atom. The summed E-state index contributed by atoms with van der Waals surface area (Å²) < 4.78 is 51.0. The molecule has 162 valence electrons. The van der Waals surface area contributed by atoms with Crippen LogP contribution in [0.4, 0.5) is 13.2 Å². The van der Waals surface area contributed by atoms with Crippen LogP contribution in [0.25, 0.3) is 0 Å². The standard InChI is InChI=1S/C23H21F3N2O3/c24-16-6-4-15(5-7-16)11-18-13-27-23(31-18)20-3-1-2-10-28(20)22(29)14-30-21-9-8-17(25)12-19(21)26/h4-9,12-13,20H,1-3,10-11,14H2. The SMILES string of the molecule is O=C(COc1ccc(F)cc1F)N1CCCCC1c1ncc(Cc2ccc(F)cc2)o1. The number of nitrogens with zero attached hydrogens (tertiary/aromatic N) is 2. The van der Waals surface area contributed by atoms with Crippen molar-refractivity contribution < 1.29 is 27.1 Å². The van der Waals surface area contributed by atoms with Crippen molar-refractivity contribution in [1.29, 1.82) is 0 Å². The fourth-order valence-corrected chi connectivity index (χ4v) is 3.66. The topological polar surface area (TPSA) is 55.6 Å². The molecular weight excluding hydrogens is 409 g/mol. The Labute approximate surface area is 177 Å². The monoisotopic (exact) mass is 430 g/mol. The largest absolute Gasteiger partial charge is 0.481 e. The lowest BCUT2D eigenvalue weighted by Gasteiger charge is -2.33. The number of oxazole rings is 1. The average Bonchev–Trinajstić information content (AvgIpc) is 3.23. The minimum Gasteiger partial charge on any atom is -0.481 e. The minimum atomic E-state index is -0.860. The maximum absolute atomic E-state index is 13.8. The highest BCUT2D eigenvalue weighted by atomic mass is 19.1. The van der Waals surface area contributed by atoms with Gasteiger partial charge >= 0.3 is 0 Å². The number of benzene rings is 2. The van der Waals surface area contributed by atoms with Gasteiger partial charge in [0.1, 0.15) is 23.4 Å². The Morgan fingerprint density at radius 1 is 1.10 bits per heavy atom. The van der Waals surface area contributed by atoms with Crippen LogP contribution in [-0.4, -0.2) is 28.9 Å². The van der Waals surface area contributed by atoms with Crippen molar-refractivity contribution in [3.8, 4) is 5.75 Å². The van der Waals surface area contributed by atoms with Crippen molar-refractivity contribution >= 4 is 5.91 Å². The number of amides is 1. The third-order valence-electron chi connectivity index (χ3n) is 5.22. The molecule has 5 nitrogen and oxygen atoms in total. The number of piperidine rings is 1. The first-order valence-corrected chi connectivity index (χ1v) is 10.1. The number of hydrogen-bond donors (Lipinski definition) is 0. The summed E-state index contributed by atoms with van der Waals surface area (Å²) in [5.74, 6) is -1.34. The molecule has 2 aromatic carbocycles. The summed E-state index contributed by atoms with van der Waals surface area (Å²) in [4.78, 5) is 18.7. The Hall–Kier alpha value is -3.29. The van der Waals surface area contributed by atoms with Crippen LogP contribution >= 0.6 is 0 Å². The second-order valence-electron chi connectivity index (χ2n) is 7.43. The summed E-state index contributed by atoms with van der Waals surface area (Å²) in [6.45, 7) is 0.136. The first-order valence-electron chi connectivity index (χ1n) is 10.1. The lowest BCUT2D eigenvalue weighted by molar-refractivity contribution is -0.137. The average molecular weight is 430 g/mol. The summed E-state index contributed by atoms with van der Waals surface area (Å²) in [6.07, 6.45) is 4.50. The molecule has 0 saturated carbocycles. The highest BCUT2D eigenvalue weighted by Gasteiger charge is 2.31. The van der Waals surface area contributed by atoms with Gasteiger partial charge in [0.05, 0.1) is 6.20 Å². The van der Waals surface area contributed by atoms with E-state index >= 15 is 0 Å². The molecule has 1 aliphatic heterocycles. The number of rotatable bonds is 6. The molecule has 8 heteroatoms. The van der Waals surface area contributed by atoms with Crippen LogP contribution in [0.3, 0.4) is 0 Å². The second kappa shape index (κ2) is 9.24. The summed E-state index contributed by atoms with van der Waals surface area (Å²) in [5.41, 5.74) is 0.885. The van der Waals surface area contributed by atoms with Gasteiger partial charge in [0.15, 0.2) is 18.2 Å². The van der Waals surface area contributed by atoms with E-state index in [9.17, 15) is 18.0 Å². The van der Waals surface area contributed by atoms with E-state index in [2.05, 4.69) is 4.98 Å². The maximum atomic E-state index is 13.8. The van der Waals surface area contributed by atoms with E-state index in [1.807, 2.05) is 0 Å². The van der Waals surface area contributed by atoms with E-state index in [1.165, 1.54) is 12.1 Å². The number of ether oxygens (including phenoxy) is 1. The number of halogens is 3. The highest BCUT2D eigenvalue weighted by molar-refractivity contribution is 5.78. The first kappa shape index (κ1) is 21.0. The fraction of sp³-hybridized carbons (Fsp3) is 0.304. The molecule has 1 aliphatic rings. The van der Waals surface area contributed by atoms with Gasteiger partial charge in [0, 0.05) is 19.0 Å². The Balaban J connectivity index is 1.42. The van der Waals surface area contributed by atoms with Crippen LogP contribution in [0.15, 0.2) is 53.1 Å². The van der Waals surface area contributed by atoms with Crippen molar-refractivity contribution in [1.82, 2.24) is 9.88 Å². The van der Waals surface area contributed by atoms with Crippen LogP contribution in [0.1, 0.15) is 42.5 Å². The van der Waals surface area contributed by atoms with Crippen molar-refractivity contribution in [3.63, 3.8) is 0 Å². The lowest BCUT2D eigenvalue weighted by Crippen LogP contribution is -2.41. The van der Waals surface area contributed by atoms with Crippen LogP contribution in [0.5, 0.6) is 5.75 Å². The van der Waals surface area contributed by atoms with Gasteiger partial charge in [-0.3, -0.25) is 4.79 Å². The smallest absolute Gasteiger partial charge is 0.261 e. The van der Waals surface area contributed by atoms with Gasteiger partial charge in [-0.2, -0.15) is 0 Å². The molecule has 1 saturated heterocycles. The molecule has 2 heterocycles. The highest BCUT2D eigenvalue weighted by Crippen LogP contribution is 2.31. The van der Waals surface area contributed by atoms with Crippen molar-refractivity contribution in [2.24, 2.45) is 0 Å². The molecule has 1 atom stereocenters. The van der Waals surface area contributed by atoms with E-state index in [0.717, 1.165) is 30.5 Å². The van der Waals surface area contributed by atoms with Crippen LogP contribution in [0, 0.1) is 17.5 Å². The maximum Gasteiger partial charge on any atom is 0.261 e. The summed E-state index contributed by atoms with van der Waals surface area (Å²) >= 11 is 0. The second-order valence-corrected chi connectivity index (χ2v) is 7.43. The number of carbonyl (C=O) groups excluding carboxylic acids is 1. The number of carbonyl (C=O) groups is 1. The molecule has 0 bridgehead atoms. The van der Waals surface area contributed by atoms with Crippen molar-refractivity contribution in [2.45, 2.75) is 31.7 Å². The van der Waals surface area contributed by atoms with Gasteiger partial charge in [0.25, 0.3) is 5.91 Å². The molecule has 0 spiro atoms. The Kier molecular flexibility index (Phi) is 6.25. The number of likely N-dealkylation sites (tertiary alicyclic amines) is 1. The molecule has 1 amide bonds. The molecule has 0 aliphatic carbocycles. The molecule has 31 heavy (non-hydrogen) atoms. The zero-order valence-corrected chi connectivity index (χ0v) is 16.7. The predicted octanol–water partition coefficient (Wildman–Crippen LogP) is 4.82. The van der Waals surface area contributed by atoms with E-state index in [1.54, 1.807) is 23.2 Å². The predicted molar refractivity (Wildman–Crippen MR) is 106 cm³/mol. The summed E-state index contributed by atoms with van der Waals surface area (Å²) in [6, 6.07) is 8.73. The normalized spacial score (nSPS) is 16.4. The van der Waals surface area contributed by atoms with Crippen LogP contribution < -0.4 is 4.74 Å². The fourth-order valence-electron chi connectivity index (χ4n) is 3.66. The molecular formula is C23H21F3N2O3. The van der Waals surface area contributed by atoms with Gasteiger partial charge in [-0.1, -0.05) is 12.1 Å². The van der Waals surface area contributed by atoms with E-state index in [0.29, 0.717) is 37.1 Å². The van der Waals surface area contributed by atoms with E-state index in [-0.39, 0.29) is 30.1 Å². The van der Waals surface area contributed by atoms with Gasteiger partial charge in [-0.15, -0.1) is 0 Å². The molecule has 1 unspecified atom stereocenters. The molecule has 1 aromatic heterocycles. The quantitative estimate of drug-likeness (QED) is 0.563. The number of hydrogen-bond acceptors (Lipinski definition) is 4. The summed E-state index contributed by atoms with van der Waals surface area (Å²) in [7, 11) is 0. The molecule has 1 fully saturated rings. The van der Waals surface area contributed by atoms with E-state index in [4.69, 9.17) is 9.15 Å². The molecule has 0 N–H and O–H groups in total. The third kappa shape index (κ3) is 5.07. The van der Waals surface area contributed by atoms with Gasteiger partial charge in [-0.25, -0.2) is 18.2 Å². The first-order chi connectivity index (χ1) is 15.0. The lowest BCUT2D eigenvalue weighted by atomic mass is 10.0. The Morgan fingerprint density at radius 2 is 1.87 bits per heavy atom. The summed E-state index contributed by atoms with van der Waals surface area (Å²) in [5, 5.41) is 0. The van der Waals surface area contributed by atoms with E-state index < -0.39 is 11.6 Å². The van der Waals surface area contributed by atoms with Gasteiger partial charge < -0.3 is 14.1 Å². The van der Waals surface area contributed by atoms with Gasteiger partial charge in [0.2, 0.25) is 5.89 Å². The van der Waals surface area contributed by atoms with Crippen molar-refractivity contribution in [2.75, 3.05) is 13.2 Å². The van der Waals surface area contributed by atoms with Crippen LogP contribution in [-0.2, 0) is 11.2 Å². The van der Waals surface area contributed by atoms with Gasteiger partial charge in [-0.05, 0) is 49.1 Å². The van der Waals surface area contributed by atoms with Crippen molar-refractivity contribution in [3.05, 3.63) is 83.3 Å². The number of aromatic nitrogens is 1. The van der Waals surface area contributed by atoms with Crippen LogP contribution in [0.2, 0.25) is 0 Å². The molecule has 4 rings (SSSR count). The molecule has 3 aromatic rings. The Bertz CT molecular complexity index is 1050. The zero-order chi connectivity index (χ0) is 21.8. The zero-order valence-electron chi connectivity index (χ0n) is 16.7. The minimum absolute atomic E-state index is 0.180. The third-order valence-corrected chi connectivity index (χ3v) is 5.22. The molecule has 0 radical (unpaired) electrons.